The van der Waals surface area contributed by atoms with Crippen molar-refractivity contribution in [1.29, 1.82) is 0 Å². The van der Waals surface area contributed by atoms with Crippen LogP contribution in [0.1, 0.15) is 158 Å². The highest BCUT2D eigenvalue weighted by molar-refractivity contribution is 7.41. The Morgan fingerprint density at radius 1 is 0.298 bits per heavy atom. The normalized spacial score (nSPS) is 14.2. The maximum atomic E-state index is 6.96. The molecular formula is C51H63O3P3. The Kier molecular flexibility index (Phi) is 10.1. The van der Waals surface area contributed by atoms with Crippen LogP contribution in [0, 0.1) is 0 Å². The highest BCUT2D eigenvalue weighted by atomic mass is 31.0. The molecule has 7 aromatic rings. The molecule has 7 rings (SSSR count). The van der Waals surface area contributed by atoms with Crippen LogP contribution in [0.15, 0.2) is 67.8 Å². The maximum Gasteiger partial charge on any atom is 0.161 e. The summed E-state index contributed by atoms with van der Waals surface area (Å²) in [5.74, 6) is 0. The Morgan fingerprint density at radius 3 is 0.719 bits per heavy atom. The van der Waals surface area contributed by atoms with E-state index in [1.807, 2.05) is 0 Å². The lowest BCUT2D eigenvalue weighted by Crippen LogP contribution is -2.16. The van der Waals surface area contributed by atoms with Crippen molar-refractivity contribution in [2.24, 2.45) is 0 Å². The third-order valence-electron chi connectivity index (χ3n) is 11.2. The Hall–Kier alpha value is -3.21. The zero-order chi connectivity index (χ0) is 42.0. The van der Waals surface area contributed by atoms with Crippen molar-refractivity contribution in [3.8, 4) is 33.2 Å². The molecule has 0 aliphatic rings. The van der Waals surface area contributed by atoms with E-state index in [4.69, 9.17) is 13.3 Å². The van der Waals surface area contributed by atoms with Crippen LogP contribution in [-0.4, -0.2) is 0 Å². The van der Waals surface area contributed by atoms with Crippen LogP contribution in [0.25, 0.3) is 65.3 Å². The van der Waals surface area contributed by atoms with Crippen LogP contribution in [0.2, 0.25) is 0 Å². The van der Waals surface area contributed by atoms with Gasteiger partial charge in [-0.25, -0.2) is 0 Å². The lowest BCUT2D eigenvalue weighted by atomic mass is 9.80. The van der Waals surface area contributed by atoms with Gasteiger partial charge in [-0.2, -0.15) is 0 Å². The summed E-state index contributed by atoms with van der Waals surface area (Å²) >= 11 is 0. The van der Waals surface area contributed by atoms with E-state index < -0.39 is 0 Å². The van der Waals surface area contributed by atoms with Crippen LogP contribution in [0.5, 0.6) is 0 Å². The molecule has 0 aliphatic heterocycles. The second-order valence-corrected chi connectivity index (χ2v) is 25.7. The summed E-state index contributed by atoms with van der Waals surface area (Å²) in [4.78, 5) is 0. The second-order valence-electron chi connectivity index (χ2n) is 22.5. The fourth-order valence-electron chi connectivity index (χ4n) is 7.47. The summed E-state index contributed by atoms with van der Waals surface area (Å²) in [5.41, 5.74) is 16.7. The first-order valence-electron chi connectivity index (χ1n) is 20.5. The standard InChI is InChI=1S/C51H63O3P3/c1-46(2,3)31-22-34(49(10,11)12)40-37(25-31)52-43(55-40)28-19-29(44-53-38-26-32(47(4,5)6)23-35(41(38)56-44)50(13,14)15)21-30(20-28)45-54-39-27-33(48(7,8)9)24-36(42(39)57-45)51(16,17)18/h19-27H,1-18H3. The third kappa shape index (κ3) is 8.21. The number of rotatable bonds is 3. The van der Waals surface area contributed by atoms with Crippen molar-refractivity contribution < 1.29 is 13.3 Å². The molecule has 3 aromatic heterocycles. The Morgan fingerprint density at radius 2 is 0.526 bits per heavy atom. The first-order valence-corrected chi connectivity index (χ1v) is 23.2. The van der Waals surface area contributed by atoms with Gasteiger partial charge in [0, 0.05) is 16.7 Å². The molecule has 0 radical (unpaired) electrons. The summed E-state index contributed by atoms with van der Waals surface area (Å²) in [7, 11) is 3.23. The molecule has 0 saturated carbocycles. The molecule has 3 nitrogen and oxygen atoms in total. The van der Waals surface area contributed by atoms with E-state index in [-0.39, 0.29) is 32.5 Å². The smallest absolute Gasteiger partial charge is 0.161 e. The molecule has 3 heterocycles. The Balaban J connectivity index is 1.52. The SMILES string of the molecule is CC(C)(C)c1cc(C(C)(C)C)c2pc(-c3cc(-c4oc5cc(C(C)(C)C)cc(C(C)(C)C)c5p4)cc(-c4oc5cc(C(C)(C)C)cc(C(C)(C)C)c5p4)c3)oc2c1. The predicted octanol–water partition coefficient (Wildman–Crippen LogP) is 18.5. The highest BCUT2D eigenvalue weighted by Crippen LogP contribution is 2.51. The van der Waals surface area contributed by atoms with Gasteiger partial charge < -0.3 is 13.3 Å². The number of benzene rings is 4. The van der Waals surface area contributed by atoms with E-state index >= 15 is 0 Å². The average molecular weight is 817 g/mol. The van der Waals surface area contributed by atoms with Crippen molar-refractivity contribution in [2.75, 3.05) is 0 Å². The molecule has 0 spiro atoms. The minimum Gasteiger partial charge on any atom is -0.451 e. The van der Waals surface area contributed by atoms with Gasteiger partial charge in [-0.15, -0.1) is 0 Å². The molecule has 4 aromatic carbocycles. The van der Waals surface area contributed by atoms with E-state index in [1.54, 1.807) is 0 Å². The zero-order valence-corrected chi connectivity index (χ0v) is 40.4. The monoisotopic (exact) mass is 816 g/mol. The highest BCUT2D eigenvalue weighted by Gasteiger charge is 2.29. The zero-order valence-electron chi connectivity index (χ0n) is 37.8. The van der Waals surface area contributed by atoms with Crippen LogP contribution < -0.4 is 0 Å². The van der Waals surface area contributed by atoms with Gasteiger partial charge in [0.2, 0.25) is 0 Å². The van der Waals surface area contributed by atoms with Gasteiger partial charge in [0.1, 0.15) is 16.7 Å². The summed E-state index contributed by atoms with van der Waals surface area (Å²) in [6.07, 6.45) is 0. The fourth-order valence-corrected chi connectivity index (χ4v) is 11.5. The number of hydrogen-bond acceptors (Lipinski definition) is 3. The molecule has 300 valence electrons. The molecule has 0 atom stereocenters. The summed E-state index contributed by atoms with van der Waals surface area (Å²) in [6.45, 7) is 41.3. The third-order valence-corrected chi connectivity index (χ3v) is 14.9. The molecule has 6 heteroatoms. The second kappa shape index (κ2) is 13.7. The minimum absolute atomic E-state index is 0.00227. The fraction of sp³-hybridized carbons (Fsp3) is 0.471. The van der Waals surface area contributed by atoms with Crippen molar-refractivity contribution in [2.45, 2.75) is 157 Å². The van der Waals surface area contributed by atoms with Gasteiger partial charge in [-0.05, 0) is 127 Å². The molecule has 0 saturated heterocycles. The molecule has 0 fully saturated rings. The summed E-state index contributed by atoms with van der Waals surface area (Å²) in [5, 5.41) is 3.78. The average Bonchev–Trinajstić information content (AvgIpc) is 3.80. The Labute approximate surface area is 346 Å². The lowest BCUT2D eigenvalue weighted by molar-refractivity contribution is 0.568. The number of hydrogen-bond donors (Lipinski definition) is 0. The topological polar surface area (TPSA) is 39.4 Å². The molecule has 0 unspecified atom stereocenters. The largest absolute Gasteiger partial charge is 0.451 e. The van der Waals surface area contributed by atoms with Gasteiger partial charge >= 0.3 is 0 Å². The van der Waals surface area contributed by atoms with Crippen LogP contribution in [0.3, 0.4) is 0 Å². The molecular weight excluding hydrogens is 753 g/mol. The Bertz CT molecular complexity index is 2370. The van der Waals surface area contributed by atoms with Crippen LogP contribution in [-0.2, 0) is 32.5 Å². The van der Waals surface area contributed by atoms with Crippen LogP contribution >= 0.6 is 24.6 Å². The van der Waals surface area contributed by atoms with Gasteiger partial charge in [0.25, 0.3) is 0 Å². The van der Waals surface area contributed by atoms with Gasteiger partial charge in [-0.3, -0.25) is 0 Å². The number of fused-ring (bicyclic) bond motifs is 3. The summed E-state index contributed by atoms with van der Waals surface area (Å²) in [6, 6.07) is 20.9. The predicted molar refractivity (Wildman–Crippen MR) is 252 cm³/mol. The first-order chi connectivity index (χ1) is 26.0. The van der Waals surface area contributed by atoms with Gasteiger partial charge in [0.05, 0.1) is 15.4 Å². The van der Waals surface area contributed by atoms with E-state index in [9.17, 15) is 0 Å². The van der Waals surface area contributed by atoms with Crippen molar-refractivity contribution in [3.05, 3.63) is 88.0 Å². The minimum atomic E-state index is -0.0338. The maximum absolute atomic E-state index is 6.96. The van der Waals surface area contributed by atoms with Crippen molar-refractivity contribution in [1.82, 2.24) is 0 Å². The molecule has 0 bridgehead atoms. The quantitative estimate of drug-likeness (QED) is 0.178. The van der Waals surface area contributed by atoms with E-state index in [0.717, 1.165) is 74.5 Å². The molecule has 0 amide bonds. The molecule has 0 aliphatic carbocycles. The first kappa shape index (κ1) is 41.9. The van der Waals surface area contributed by atoms with E-state index in [2.05, 4.69) is 179 Å². The van der Waals surface area contributed by atoms with Crippen LogP contribution in [0.4, 0.5) is 0 Å². The lowest BCUT2D eigenvalue weighted by Gasteiger charge is -2.25. The van der Waals surface area contributed by atoms with Gasteiger partial charge in [-0.1, -0.05) is 143 Å². The van der Waals surface area contributed by atoms with E-state index in [0.29, 0.717) is 0 Å². The van der Waals surface area contributed by atoms with Crippen molar-refractivity contribution >= 4 is 56.7 Å². The van der Waals surface area contributed by atoms with Gasteiger partial charge in [0.15, 0.2) is 16.5 Å². The molecule has 0 N–H and O–H groups in total. The van der Waals surface area contributed by atoms with E-state index in [1.165, 1.54) is 48.7 Å². The van der Waals surface area contributed by atoms with Crippen molar-refractivity contribution in [3.63, 3.8) is 0 Å². The molecule has 57 heavy (non-hydrogen) atoms. The summed E-state index contributed by atoms with van der Waals surface area (Å²) < 4.78 is 20.9.